The molecule has 4 heteroatoms. The van der Waals surface area contributed by atoms with Crippen molar-refractivity contribution in [1.29, 1.82) is 0 Å². The van der Waals surface area contributed by atoms with Gasteiger partial charge >= 0.3 is 0 Å². The molecular weight excluding hydrogens is 200 g/mol. The van der Waals surface area contributed by atoms with Crippen molar-refractivity contribution in [2.24, 2.45) is 13.0 Å². The molecule has 0 saturated heterocycles. The monoisotopic (exact) mass is 216 g/mol. The summed E-state index contributed by atoms with van der Waals surface area (Å²) in [6.45, 7) is 1.09. The largest absolute Gasteiger partial charge is 0.276 e. The molecule has 0 spiro atoms. The molecule has 0 unspecified atom stereocenters. The van der Waals surface area contributed by atoms with Gasteiger partial charge in [0.2, 0.25) is 0 Å². The topological polar surface area (TPSA) is 35.6 Å². The van der Waals surface area contributed by atoms with Crippen LogP contribution in [-0.4, -0.2) is 19.6 Å². The van der Waals surface area contributed by atoms with Gasteiger partial charge in [-0.25, -0.2) is 0 Å². The molecule has 2 heterocycles. The second-order valence-corrected chi connectivity index (χ2v) is 4.67. The van der Waals surface area contributed by atoms with Crippen LogP contribution < -0.4 is 0 Å². The molecular formula is C12H16N4. The zero-order valence-electron chi connectivity index (χ0n) is 9.50. The highest BCUT2D eigenvalue weighted by molar-refractivity contribution is 5.14. The van der Waals surface area contributed by atoms with Crippen molar-refractivity contribution in [2.75, 3.05) is 0 Å². The Labute approximate surface area is 94.9 Å². The number of nitrogens with zero attached hydrogens (tertiary/aromatic N) is 4. The lowest BCUT2D eigenvalue weighted by molar-refractivity contribution is 0.563. The minimum atomic E-state index is 0.877. The van der Waals surface area contributed by atoms with E-state index >= 15 is 0 Å². The van der Waals surface area contributed by atoms with Gasteiger partial charge in [-0.05, 0) is 30.4 Å². The third kappa shape index (κ3) is 2.15. The van der Waals surface area contributed by atoms with Gasteiger partial charge in [-0.1, -0.05) is 0 Å². The molecule has 2 aromatic rings. The van der Waals surface area contributed by atoms with Crippen LogP contribution in [0, 0.1) is 5.92 Å². The predicted molar refractivity (Wildman–Crippen MR) is 61.0 cm³/mol. The van der Waals surface area contributed by atoms with E-state index in [1.807, 2.05) is 24.1 Å². The molecule has 0 bridgehead atoms. The van der Waals surface area contributed by atoms with Crippen molar-refractivity contribution in [1.82, 2.24) is 19.6 Å². The molecule has 0 radical (unpaired) electrons. The highest BCUT2D eigenvalue weighted by Gasteiger charge is 2.21. The Morgan fingerprint density at radius 3 is 3.00 bits per heavy atom. The molecule has 2 aromatic heterocycles. The van der Waals surface area contributed by atoms with Gasteiger partial charge in [-0.3, -0.25) is 9.36 Å². The first-order chi connectivity index (χ1) is 7.79. The number of rotatable bonds is 4. The third-order valence-corrected chi connectivity index (χ3v) is 2.98. The van der Waals surface area contributed by atoms with Crippen molar-refractivity contribution in [3.63, 3.8) is 0 Å². The van der Waals surface area contributed by atoms with E-state index < -0.39 is 0 Å². The van der Waals surface area contributed by atoms with Crippen LogP contribution in [0.25, 0.3) is 0 Å². The third-order valence-electron chi connectivity index (χ3n) is 2.98. The van der Waals surface area contributed by atoms with Crippen molar-refractivity contribution in [3.8, 4) is 0 Å². The van der Waals surface area contributed by atoms with Gasteiger partial charge in [-0.2, -0.15) is 10.2 Å². The predicted octanol–water partition coefficient (Wildman–Crippen LogP) is 1.62. The van der Waals surface area contributed by atoms with E-state index in [0.717, 1.165) is 24.6 Å². The number of aryl methyl sites for hydroxylation is 1. The molecule has 16 heavy (non-hydrogen) atoms. The quantitative estimate of drug-likeness (QED) is 0.778. The van der Waals surface area contributed by atoms with Crippen molar-refractivity contribution in [3.05, 3.63) is 35.9 Å². The van der Waals surface area contributed by atoms with E-state index in [-0.39, 0.29) is 0 Å². The van der Waals surface area contributed by atoms with Crippen molar-refractivity contribution in [2.45, 2.75) is 25.8 Å². The summed E-state index contributed by atoms with van der Waals surface area (Å²) in [6.07, 6.45) is 9.70. The SMILES string of the molecule is Cn1ccc(Cc2cnn(CC3CC3)c2)n1. The smallest absolute Gasteiger partial charge is 0.0669 e. The van der Waals surface area contributed by atoms with E-state index in [1.165, 1.54) is 18.4 Å². The Kier molecular flexibility index (Phi) is 2.27. The van der Waals surface area contributed by atoms with Gasteiger partial charge < -0.3 is 0 Å². The van der Waals surface area contributed by atoms with E-state index in [9.17, 15) is 0 Å². The first kappa shape index (κ1) is 9.63. The minimum Gasteiger partial charge on any atom is -0.276 e. The fourth-order valence-electron chi connectivity index (χ4n) is 1.93. The maximum absolute atomic E-state index is 4.38. The molecule has 84 valence electrons. The Bertz CT molecular complexity index is 479. The number of hydrogen-bond donors (Lipinski definition) is 0. The van der Waals surface area contributed by atoms with Crippen LogP contribution in [0.5, 0.6) is 0 Å². The summed E-state index contributed by atoms with van der Waals surface area (Å²) >= 11 is 0. The van der Waals surface area contributed by atoms with Gasteiger partial charge in [0.15, 0.2) is 0 Å². The first-order valence-electron chi connectivity index (χ1n) is 5.79. The van der Waals surface area contributed by atoms with Crippen LogP contribution in [-0.2, 0) is 20.0 Å². The summed E-state index contributed by atoms with van der Waals surface area (Å²) in [5.74, 6) is 0.877. The fraction of sp³-hybridized carbons (Fsp3) is 0.500. The highest BCUT2D eigenvalue weighted by atomic mass is 15.3. The summed E-state index contributed by atoms with van der Waals surface area (Å²) in [5, 5.41) is 8.75. The standard InChI is InChI=1S/C12H16N4/c1-15-5-4-12(14-15)6-11-7-13-16(9-11)8-10-2-3-10/h4-5,7,9-10H,2-3,6,8H2,1H3. The number of aromatic nitrogens is 4. The first-order valence-corrected chi connectivity index (χ1v) is 5.79. The minimum absolute atomic E-state index is 0.877. The average Bonchev–Trinajstić information content (AvgIpc) is 2.80. The van der Waals surface area contributed by atoms with Gasteiger partial charge in [0.05, 0.1) is 11.9 Å². The lowest BCUT2D eigenvalue weighted by Gasteiger charge is -1.96. The average molecular weight is 216 g/mol. The molecule has 0 aliphatic heterocycles. The Morgan fingerprint density at radius 1 is 1.44 bits per heavy atom. The molecule has 0 N–H and O–H groups in total. The van der Waals surface area contributed by atoms with Crippen LogP contribution in [0.4, 0.5) is 0 Å². The lowest BCUT2D eigenvalue weighted by atomic mass is 10.2. The summed E-state index contributed by atoms with van der Waals surface area (Å²) < 4.78 is 3.90. The Balaban J connectivity index is 1.67. The second-order valence-electron chi connectivity index (χ2n) is 4.67. The van der Waals surface area contributed by atoms with Gasteiger partial charge in [0, 0.05) is 32.4 Å². The van der Waals surface area contributed by atoms with Crippen LogP contribution in [0.2, 0.25) is 0 Å². The van der Waals surface area contributed by atoms with E-state index in [4.69, 9.17) is 0 Å². The maximum Gasteiger partial charge on any atom is 0.0669 e. The molecule has 1 saturated carbocycles. The second kappa shape index (κ2) is 3.77. The van der Waals surface area contributed by atoms with Crippen LogP contribution in [0.15, 0.2) is 24.7 Å². The molecule has 1 aliphatic rings. The van der Waals surface area contributed by atoms with Crippen molar-refractivity contribution < 1.29 is 0 Å². The molecule has 1 aliphatic carbocycles. The van der Waals surface area contributed by atoms with Gasteiger partial charge in [0.1, 0.15) is 0 Å². The lowest BCUT2D eigenvalue weighted by Crippen LogP contribution is -1.99. The van der Waals surface area contributed by atoms with Crippen molar-refractivity contribution >= 4 is 0 Å². The molecule has 4 nitrogen and oxygen atoms in total. The molecule has 0 amide bonds. The Hall–Kier alpha value is -1.58. The van der Waals surface area contributed by atoms with Gasteiger partial charge in [0.25, 0.3) is 0 Å². The molecule has 3 rings (SSSR count). The van der Waals surface area contributed by atoms with Crippen LogP contribution >= 0.6 is 0 Å². The number of hydrogen-bond acceptors (Lipinski definition) is 2. The zero-order chi connectivity index (χ0) is 11.0. The molecule has 1 fully saturated rings. The Morgan fingerprint density at radius 2 is 2.31 bits per heavy atom. The fourth-order valence-corrected chi connectivity index (χ4v) is 1.93. The zero-order valence-corrected chi connectivity index (χ0v) is 9.50. The summed E-state index contributed by atoms with van der Waals surface area (Å²) in [7, 11) is 1.94. The van der Waals surface area contributed by atoms with Crippen LogP contribution in [0.3, 0.4) is 0 Å². The normalized spacial score (nSPS) is 15.6. The summed E-state index contributed by atoms with van der Waals surface area (Å²) in [5.41, 5.74) is 2.35. The van der Waals surface area contributed by atoms with E-state index in [0.29, 0.717) is 0 Å². The molecule has 0 atom stereocenters. The van der Waals surface area contributed by atoms with E-state index in [1.54, 1.807) is 0 Å². The molecule has 0 aromatic carbocycles. The maximum atomic E-state index is 4.38. The van der Waals surface area contributed by atoms with E-state index in [2.05, 4.69) is 27.1 Å². The van der Waals surface area contributed by atoms with Crippen LogP contribution in [0.1, 0.15) is 24.1 Å². The summed E-state index contributed by atoms with van der Waals surface area (Å²) in [4.78, 5) is 0. The highest BCUT2D eigenvalue weighted by Crippen LogP contribution is 2.30. The summed E-state index contributed by atoms with van der Waals surface area (Å²) in [6, 6.07) is 2.05. The van der Waals surface area contributed by atoms with Gasteiger partial charge in [-0.15, -0.1) is 0 Å².